The minimum atomic E-state index is -1.96. The predicted molar refractivity (Wildman–Crippen MR) is 467 cm³/mol. The quantitative estimate of drug-likeness (QED) is 0.0202. The van der Waals surface area contributed by atoms with Crippen molar-refractivity contribution in [2.75, 3.05) is 88.7 Å². The van der Waals surface area contributed by atoms with Gasteiger partial charge in [0.2, 0.25) is 5.60 Å². The van der Waals surface area contributed by atoms with E-state index in [1.54, 1.807) is 108 Å². The molecule has 9 aromatic rings. The molecule has 0 unspecified atom stereocenters. The summed E-state index contributed by atoms with van der Waals surface area (Å²) in [7, 11) is 9.34. The lowest BCUT2D eigenvalue weighted by atomic mass is 9.77. The van der Waals surface area contributed by atoms with Gasteiger partial charge in [0, 0.05) is 88.9 Å². The van der Waals surface area contributed by atoms with Gasteiger partial charge in [-0.1, -0.05) is 78.9 Å². The highest BCUT2D eigenvalue weighted by molar-refractivity contribution is 6.12. The summed E-state index contributed by atoms with van der Waals surface area (Å²) in [4.78, 5) is 106. The van der Waals surface area contributed by atoms with Crippen molar-refractivity contribution in [1.82, 2.24) is 0 Å². The molecule has 0 spiro atoms. The number of aliphatic hydroxyl groups is 4. The maximum absolute atomic E-state index is 13.7. The number of esters is 4. The van der Waals surface area contributed by atoms with Crippen LogP contribution in [0.4, 0.5) is 22.7 Å². The second-order valence-electron chi connectivity index (χ2n) is 31.7. The van der Waals surface area contributed by atoms with Crippen LogP contribution < -0.4 is 52.8 Å². The fourth-order valence-corrected chi connectivity index (χ4v) is 16.0. The highest BCUT2D eigenvalue weighted by atomic mass is 16.6. The zero-order valence-electron chi connectivity index (χ0n) is 74.6. The van der Waals surface area contributed by atoms with Crippen molar-refractivity contribution < 1.29 is 116 Å². The maximum Gasteiger partial charge on any atom is 0.308 e. The van der Waals surface area contributed by atoms with E-state index in [4.69, 9.17) is 52.1 Å². The average Bonchev–Trinajstić information content (AvgIpc) is 0.723. The van der Waals surface area contributed by atoms with E-state index >= 15 is 0 Å². The van der Waals surface area contributed by atoms with Gasteiger partial charge in [0.1, 0.15) is 83.4 Å². The molecule has 125 heavy (non-hydrogen) atoms. The van der Waals surface area contributed by atoms with Crippen LogP contribution in [0.5, 0.6) is 46.0 Å². The molecule has 4 aliphatic heterocycles. The molecule has 0 radical (unpaired) electrons. The summed E-state index contributed by atoms with van der Waals surface area (Å²) >= 11 is 0. The van der Waals surface area contributed by atoms with Gasteiger partial charge in [-0.15, -0.1) is 0 Å². The summed E-state index contributed by atoms with van der Waals surface area (Å²) in [6, 6.07) is 42.7. The molecule has 8 atom stereocenters. The Labute approximate surface area is 727 Å². The Morgan fingerprint density at radius 1 is 0.360 bits per heavy atom. The smallest absolute Gasteiger partial charge is 0.308 e. The van der Waals surface area contributed by atoms with E-state index in [9.17, 15) is 63.9 Å². The molecule has 4 aliphatic rings. The number of aliphatic hydroxyl groups excluding tert-OH is 2. The van der Waals surface area contributed by atoms with E-state index in [1.807, 2.05) is 160 Å². The van der Waals surface area contributed by atoms with Crippen LogP contribution in [0.25, 0.3) is 0 Å². The molecule has 0 bridgehead atoms. The molecule has 4 heterocycles. The molecule has 13 rings (SSSR count). The van der Waals surface area contributed by atoms with E-state index in [0.717, 1.165) is 83.8 Å². The van der Waals surface area contributed by atoms with Crippen LogP contribution in [-0.2, 0) is 63.9 Å². The lowest BCUT2D eigenvalue weighted by molar-refractivity contribution is -0.190. The van der Waals surface area contributed by atoms with Crippen molar-refractivity contribution in [1.29, 1.82) is 0 Å². The minimum Gasteiger partial charge on any atom is -0.508 e. The summed E-state index contributed by atoms with van der Waals surface area (Å²) in [6.45, 7) is 26.4. The predicted octanol–water partition coefficient (Wildman–Crippen LogP) is 13.3. The molecule has 4 saturated heterocycles. The second kappa shape index (κ2) is 38.6. The Balaban J connectivity index is 0.000000175. The Morgan fingerprint density at radius 3 is 1.03 bits per heavy atom. The number of carbonyl (C=O) groups excluding carboxylic acids is 8. The van der Waals surface area contributed by atoms with Crippen molar-refractivity contribution in [2.45, 2.75) is 164 Å². The molecular weight excluding hydrogens is 1610 g/mol. The molecule has 0 aromatic heterocycles. The third-order valence-corrected chi connectivity index (χ3v) is 23.5. The molecule has 4 amide bonds. The molecule has 0 aliphatic carbocycles. The van der Waals surface area contributed by atoms with Gasteiger partial charge in [-0.05, 0) is 226 Å². The number of nitrogens with zero attached hydrogens (tertiary/aromatic N) is 4. The molecule has 28 nitrogen and oxygen atoms in total. The second-order valence-corrected chi connectivity index (χ2v) is 31.7. The monoisotopic (exact) mass is 1710 g/mol. The Hall–Kier alpha value is -12.7. The summed E-state index contributed by atoms with van der Waals surface area (Å²) in [5.41, 5.74) is 9.95. The number of benzene rings is 9. The summed E-state index contributed by atoms with van der Waals surface area (Å²) in [6.07, 6.45) is 0. The highest BCUT2D eigenvalue weighted by Crippen LogP contribution is 2.55. The topological polar surface area (TPSA) is 352 Å². The molecular formula is C97H110N4O24. The van der Waals surface area contributed by atoms with Crippen LogP contribution >= 0.6 is 0 Å². The lowest BCUT2D eigenvalue weighted by Gasteiger charge is -2.54. The molecule has 5 N–H and O–H groups in total. The van der Waals surface area contributed by atoms with Gasteiger partial charge in [0.15, 0.2) is 16.8 Å². The van der Waals surface area contributed by atoms with E-state index in [-0.39, 0.29) is 18.3 Å². The SMILES string of the molecule is COC[C@@]1(OC)C(=O)N(c2cc(C)c(C)c(OC)c2)[C@H]1c1ccc(C)c(O)c1.COc1cc(N2C(=O)[C@@](COC(C)=O)(OC(C)=O)[C@@H]2c2ccc(C)c(OC(C)=O)c2)cc(C)c1C.COc1cc(N2C(=O)[C@](O)(CO)[C@@H]2c2ccc(C)c(OC(C)=O)c2)cc(C)c1C.COc1cc(N2C(=O)[C@](O)(CO)[C@@H]2c2ccc(C)c(OCc3ccccc3)c2)cc(C)c1C. The zero-order chi connectivity index (χ0) is 92.0. The molecule has 28 heteroatoms. The van der Waals surface area contributed by atoms with Crippen LogP contribution in [0.1, 0.15) is 146 Å². The largest absolute Gasteiger partial charge is 0.508 e. The number of carbonyl (C=O) groups is 8. The van der Waals surface area contributed by atoms with Crippen LogP contribution in [0, 0.1) is 83.1 Å². The Bertz CT molecular complexity index is 5640. The van der Waals surface area contributed by atoms with Gasteiger partial charge in [-0.3, -0.25) is 58.0 Å². The van der Waals surface area contributed by atoms with Crippen molar-refractivity contribution in [3.05, 3.63) is 246 Å². The van der Waals surface area contributed by atoms with E-state index < -0.39 is 108 Å². The third kappa shape index (κ3) is 18.5. The van der Waals surface area contributed by atoms with Crippen LogP contribution in [0.15, 0.2) is 152 Å². The van der Waals surface area contributed by atoms with Crippen molar-refractivity contribution >= 4 is 70.3 Å². The first kappa shape index (κ1) is 94.5. The first-order valence-electron chi connectivity index (χ1n) is 40.3. The summed E-state index contributed by atoms with van der Waals surface area (Å²) in [5.74, 6) is -0.144. The number of rotatable bonds is 25. The van der Waals surface area contributed by atoms with E-state index in [0.29, 0.717) is 80.4 Å². The molecule has 0 saturated carbocycles. The normalized spacial score (nSPS) is 20.3. The van der Waals surface area contributed by atoms with Crippen molar-refractivity contribution in [2.24, 2.45) is 0 Å². The fourth-order valence-electron chi connectivity index (χ4n) is 16.0. The Kier molecular flexibility index (Phi) is 29.2. The van der Waals surface area contributed by atoms with Crippen molar-refractivity contribution in [3.63, 3.8) is 0 Å². The number of hydrogen-bond donors (Lipinski definition) is 5. The lowest BCUT2D eigenvalue weighted by Crippen LogP contribution is -2.72. The van der Waals surface area contributed by atoms with Gasteiger partial charge < -0.3 is 77.6 Å². The number of amides is 4. The van der Waals surface area contributed by atoms with Gasteiger partial charge in [-0.25, -0.2) is 0 Å². The van der Waals surface area contributed by atoms with Gasteiger partial charge >= 0.3 is 23.9 Å². The molecule has 9 aromatic carbocycles. The molecule has 4 fully saturated rings. The first-order valence-corrected chi connectivity index (χ1v) is 40.3. The fraction of sp³-hybridized carbons (Fsp3) is 0.361. The molecule has 662 valence electrons. The number of aryl methyl sites for hydroxylation is 8. The first-order chi connectivity index (χ1) is 59.1. The van der Waals surface area contributed by atoms with Crippen LogP contribution in [0.3, 0.4) is 0 Å². The maximum atomic E-state index is 13.7. The van der Waals surface area contributed by atoms with E-state index in [1.165, 1.54) is 56.6 Å². The van der Waals surface area contributed by atoms with Gasteiger partial charge in [-0.2, -0.15) is 0 Å². The van der Waals surface area contributed by atoms with Gasteiger partial charge in [0.25, 0.3) is 23.6 Å². The van der Waals surface area contributed by atoms with Crippen LogP contribution in [-0.4, -0.2) is 165 Å². The minimum absolute atomic E-state index is 0.111. The summed E-state index contributed by atoms with van der Waals surface area (Å²) in [5, 5.41) is 51.8. The number of hydrogen-bond acceptors (Lipinski definition) is 24. The Morgan fingerprint density at radius 2 is 0.696 bits per heavy atom. The highest BCUT2D eigenvalue weighted by Gasteiger charge is 2.67. The standard InChI is InChI=1S/C27H29NO5.C26H29NO8.C22H25NO6.C22H27NO5/c1-17-10-11-21(13-23(17)33-15-20-8-6-5-7-9-20)25-27(31,16-29)26(30)28(25)22-12-18(2)19(3)24(14-22)32-4;1-14-8-9-20(11-22(14)34-18(5)29)24-26(35-19(6)30,13-33-17(4)28)25(31)27(24)21-10-15(2)16(3)23(12-21)32-7;1-12-6-7-16(9-18(12)29-15(4)25)20-22(27,11-24)21(26)23(20)17-8-13(2)14(3)19(10-17)28-5;1-13-7-8-16(10-18(13)24)20-22(28-6,12-26-4)21(25)23(20)17-9-14(2)15(3)19(11-17)27-5/h5-14,25,29,31H,15-16H2,1-4H3;8-12,24H,13H2,1-7H3;6-10,20,24,27H,11H2,1-5H3;7-11,20,24H,12H2,1-6H3/t25-,27-;24-,26-;2*20-,22-/m0000/s1. The van der Waals surface area contributed by atoms with Crippen LogP contribution in [0.2, 0.25) is 0 Å². The van der Waals surface area contributed by atoms with Gasteiger partial charge in [0.05, 0.1) is 48.3 Å². The van der Waals surface area contributed by atoms with Crippen molar-refractivity contribution in [3.8, 4) is 46.0 Å². The number of phenols is 1. The number of phenolic OH excluding ortho intramolecular Hbond substituents is 1. The number of aromatic hydroxyl groups is 1. The number of ether oxygens (including phenoxy) is 11. The van der Waals surface area contributed by atoms with E-state index in [2.05, 4.69) is 0 Å². The zero-order valence-corrected chi connectivity index (χ0v) is 74.6. The average molecular weight is 1720 g/mol. The third-order valence-electron chi connectivity index (χ3n) is 23.5. The number of anilines is 4. The number of methoxy groups -OCH3 is 6. The number of β-lactam (4-membered cyclic amide) rings is 4. The summed E-state index contributed by atoms with van der Waals surface area (Å²) < 4.78 is 60.3.